The van der Waals surface area contributed by atoms with Gasteiger partial charge in [-0.3, -0.25) is 14.5 Å². The summed E-state index contributed by atoms with van der Waals surface area (Å²) in [6.07, 6.45) is 1.72. The van der Waals surface area contributed by atoms with Crippen LogP contribution in [-0.4, -0.2) is 44.7 Å². The highest BCUT2D eigenvalue weighted by Gasteiger charge is 2.31. The minimum absolute atomic E-state index is 0.145. The van der Waals surface area contributed by atoms with Crippen molar-refractivity contribution >= 4 is 11.9 Å². The quantitative estimate of drug-likeness (QED) is 0.492. The van der Waals surface area contributed by atoms with Crippen molar-refractivity contribution in [3.63, 3.8) is 0 Å². The van der Waals surface area contributed by atoms with E-state index in [1.807, 2.05) is 23.7 Å². The maximum absolute atomic E-state index is 13.5. The van der Waals surface area contributed by atoms with Crippen LogP contribution in [0.3, 0.4) is 0 Å². The monoisotopic (exact) mass is 408 g/mol. The number of carbonyl (C=O) groups is 2. The van der Waals surface area contributed by atoms with Gasteiger partial charge in [0.05, 0.1) is 25.4 Å². The van der Waals surface area contributed by atoms with E-state index in [0.29, 0.717) is 18.8 Å². The van der Waals surface area contributed by atoms with E-state index in [4.69, 9.17) is 9.84 Å². The second kappa shape index (κ2) is 8.06. The Morgan fingerprint density at radius 1 is 1.13 bits per heavy atom. The molecule has 0 saturated carbocycles. The zero-order valence-electron chi connectivity index (χ0n) is 16.8. The van der Waals surface area contributed by atoms with Crippen LogP contribution in [0.25, 0.3) is 22.4 Å². The van der Waals surface area contributed by atoms with Gasteiger partial charge in [-0.15, -0.1) is 0 Å². The van der Waals surface area contributed by atoms with E-state index in [1.165, 1.54) is 17.0 Å². The summed E-state index contributed by atoms with van der Waals surface area (Å²) >= 11 is 0. The van der Waals surface area contributed by atoms with E-state index >= 15 is 0 Å². The highest BCUT2D eigenvalue weighted by Crippen LogP contribution is 2.36. The second-order valence-corrected chi connectivity index (χ2v) is 7.03. The lowest BCUT2D eigenvalue weighted by molar-refractivity contribution is -0.160. The zero-order chi connectivity index (χ0) is 21.3. The van der Waals surface area contributed by atoms with Gasteiger partial charge in [-0.2, -0.15) is 5.10 Å². The normalized spacial score (nSPS) is 13.1. The average Bonchev–Trinajstić information content (AvgIpc) is 3.12. The standard InChI is InChI=1S/C22H21FN4O3/c1-3-30-22(29)21(28)26-10-11-27-18(13-26)19(16-8-9-24-14(2)12-16)20(25-27)15-4-6-17(23)7-5-15/h4-9,12H,3,10-11,13H2,1-2H3. The van der Waals surface area contributed by atoms with Gasteiger partial charge < -0.3 is 9.64 Å². The first-order valence-electron chi connectivity index (χ1n) is 9.72. The third kappa shape index (κ3) is 3.68. The van der Waals surface area contributed by atoms with Crippen LogP contribution in [0, 0.1) is 12.7 Å². The molecular formula is C22H21FN4O3. The molecule has 1 aliphatic rings. The van der Waals surface area contributed by atoms with Crippen molar-refractivity contribution in [1.82, 2.24) is 19.7 Å². The Hall–Kier alpha value is -3.55. The molecule has 1 aliphatic heterocycles. The topological polar surface area (TPSA) is 77.3 Å². The van der Waals surface area contributed by atoms with Gasteiger partial charge in [-0.05, 0) is 55.8 Å². The van der Waals surface area contributed by atoms with Gasteiger partial charge in [-0.1, -0.05) is 0 Å². The van der Waals surface area contributed by atoms with Gasteiger partial charge in [0.2, 0.25) is 0 Å². The predicted octanol–water partition coefficient (Wildman–Crippen LogP) is 2.96. The van der Waals surface area contributed by atoms with Crippen molar-refractivity contribution < 1.29 is 18.7 Å². The highest BCUT2D eigenvalue weighted by molar-refractivity contribution is 6.32. The van der Waals surface area contributed by atoms with Crippen LogP contribution < -0.4 is 0 Å². The molecule has 0 atom stereocenters. The van der Waals surface area contributed by atoms with Crippen LogP contribution in [0.5, 0.6) is 0 Å². The number of halogens is 1. The van der Waals surface area contributed by atoms with Gasteiger partial charge in [-0.25, -0.2) is 9.18 Å². The molecule has 0 fully saturated rings. The Morgan fingerprint density at radius 2 is 1.90 bits per heavy atom. The Labute approximate surface area is 173 Å². The fourth-order valence-corrected chi connectivity index (χ4v) is 3.63. The van der Waals surface area contributed by atoms with Crippen molar-refractivity contribution in [2.45, 2.75) is 26.9 Å². The SMILES string of the molecule is CCOC(=O)C(=O)N1CCn2nc(-c3ccc(F)cc3)c(-c3ccnc(C)c3)c2C1. The molecule has 2 aromatic heterocycles. The smallest absolute Gasteiger partial charge is 0.397 e. The summed E-state index contributed by atoms with van der Waals surface area (Å²) in [6.45, 7) is 4.72. The van der Waals surface area contributed by atoms with E-state index in [-0.39, 0.29) is 19.0 Å². The number of fused-ring (bicyclic) bond motifs is 1. The number of benzene rings is 1. The maximum Gasteiger partial charge on any atom is 0.397 e. The largest absolute Gasteiger partial charge is 0.459 e. The van der Waals surface area contributed by atoms with E-state index < -0.39 is 11.9 Å². The Bertz CT molecular complexity index is 1110. The number of hydrogen-bond acceptors (Lipinski definition) is 5. The summed E-state index contributed by atoms with van der Waals surface area (Å²) in [5.41, 5.74) is 4.85. The van der Waals surface area contributed by atoms with E-state index in [1.54, 1.807) is 25.3 Å². The first-order chi connectivity index (χ1) is 14.5. The predicted molar refractivity (Wildman–Crippen MR) is 108 cm³/mol. The number of carbonyl (C=O) groups excluding carboxylic acids is 2. The van der Waals surface area contributed by atoms with Gasteiger partial charge in [0.15, 0.2) is 0 Å². The maximum atomic E-state index is 13.5. The first kappa shape index (κ1) is 19.8. The van der Waals surface area contributed by atoms with Crippen LogP contribution in [-0.2, 0) is 27.4 Å². The number of hydrogen-bond donors (Lipinski definition) is 0. The molecule has 0 saturated heterocycles. The van der Waals surface area contributed by atoms with Crippen molar-refractivity contribution in [2.75, 3.05) is 13.2 Å². The Balaban J connectivity index is 1.81. The summed E-state index contributed by atoms with van der Waals surface area (Å²) in [5.74, 6) is -1.84. The van der Waals surface area contributed by atoms with Crippen molar-refractivity contribution in [2.24, 2.45) is 0 Å². The van der Waals surface area contributed by atoms with E-state index in [2.05, 4.69) is 4.98 Å². The summed E-state index contributed by atoms with van der Waals surface area (Å²) in [6, 6.07) is 9.98. The molecule has 0 N–H and O–H groups in total. The van der Waals surface area contributed by atoms with E-state index in [9.17, 15) is 14.0 Å². The number of rotatable bonds is 3. The van der Waals surface area contributed by atoms with Crippen LogP contribution in [0.4, 0.5) is 4.39 Å². The minimum Gasteiger partial charge on any atom is -0.459 e. The lowest BCUT2D eigenvalue weighted by atomic mass is 9.98. The summed E-state index contributed by atoms with van der Waals surface area (Å²) in [4.78, 5) is 30.2. The number of amides is 1. The Kier molecular flexibility index (Phi) is 5.31. The molecule has 0 aliphatic carbocycles. The van der Waals surface area contributed by atoms with Crippen LogP contribution in [0.2, 0.25) is 0 Å². The minimum atomic E-state index is -0.856. The molecular weight excluding hydrogens is 387 g/mol. The van der Waals surface area contributed by atoms with Crippen molar-refractivity contribution in [3.05, 3.63) is 59.8 Å². The number of ether oxygens (including phenoxy) is 1. The van der Waals surface area contributed by atoms with Crippen LogP contribution in [0.1, 0.15) is 18.3 Å². The van der Waals surface area contributed by atoms with E-state index in [0.717, 1.165) is 28.1 Å². The molecule has 0 unspecified atom stereocenters. The molecule has 1 aromatic carbocycles. The molecule has 0 radical (unpaired) electrons. The molecule has 3 aromatic rings. The average molecular weight is 408 g/mol. The molecule has 154 valence electrons. The van der Waals surface area contributed by atoms with Gasteiger partial charge in [0, 0.05) is 29.6 Å². The van der Waals surface area contributed by atoms with Gasteiger partial charge in [0.25, 0.3) is 0 Å². The zero-order valence-corrected chi connectivity index (χ0v) is 16.8. The third-order valence-corrected chi connectivity index (χ3v) is 5.02. The van der Waals surface area contributed by atoms with Crippen LogP contribution >= 0.6 is 0 Å². The summed E-state index contributed by atoms with van der Waals surface area (Å²) in [7, 11) is 0. The molecule has 1 amide bonds. The summed E-state index contributed by atoms with van der Waals surface area (Å²) in [5, 5.41) is 4.75. The highest BCUT2D eigenvalue weighted by atomic mass is 19.1. The number of esters is 1. The third-order valence-electron chi connectivity index (χ3n) is 5.02. The second-order valence-electron chi connectivity index (χ2n) is 7.03. The van der Waals surface area contributed by atoms with Gasteiger partial charge >= 0.3 is 11.9 Å². The first-order valence-corrected chi connectivity index (χ1v) is 9.72. The number of nitrogens with zero attached hydrogens (tertiary/aromatic N) is 4. The van der Waals surface area contributed by atoms with Crippen molar-refractivity contribution in [3.8, 4) is 22.4 Å². The van der Waals surface area contributed by atoms with Crippen LogP contribution in [0.15, 0.2) is 42.6 Å². The molecule has 4 rings (SSSR count). The number of pyridine rings is 1. The molecule has 0 bridgehead atoms. The number of aromatic nitrogens is 3. The fraction of sp³-hybridized carbons (Fsp3) is 0.273. The Morgan fingerprint density at radius 3 is 2.60 bits per heavy atom. The number of aryl methyl sites for hydroxylation is 1. The lowest BCUT2D eigenvalue weighted by Gasteiger charge is -2.27. The molecule has 8 heteroatoms. The summed E-state index contributed by atoms with van der Waals surface area (Å²) < 4.78 is 20.2. The molecule has 30 heavy (non-hydrogen) atoms. The molecule has 7 nitrogen and oxygen atoms in total. The van der Waals surface area contributed by atoms with Gasteiger partial charge in [0.1, 0.15) is 11.5 Å². The van der Waals surface area contributed by atoms with Crippen molar-refractivity contribution in [1.29, 1.82) is 0 Å². The molecule has 0 spiro atoms. The fourth-order valence-electron chi connectivity index (χ4n) is 3.63. The lowest BCUT2D eigenvalue weighted by Crippen LogP contribution is -2.42. The molecule has 3 heterocycles.